The Hall–Kier alpha value is -2.59. The summed E-state index contributed by atoms with van der Waals surface area (Å²) in [6, 6.07) is 5.39. The van der Waals surface area contributed by atoms with E-state index in [1.165, 1.54) is 0 Å². The Morgan fingerprint density at radius 3 is 1.97 bits per heavy atom. The van der Waals surface area contributed by atoms with Gasteiger partial charge < -0.3 is 26.8 Å². The van der Waals surface area contributed by atoms with Crippen LogP contribution in [0.25, 0.3) is 0 Å². The molecule has 0 bridgehead atoms. The van der Waals surface area contributed by atoms with Crippen molar-refractivity contribution in [2.45, 2.75) is 64.7 Å². The molecule has 10 heteroatoms. The van der Waals surface area contributed by atoms with E-state index in [9.17, 15) is 24.3 Å². The lowest BCUT2D eigenvalue weighted by atomic mass is 9.96. The molecule has 6 N–H and O–H groups in total. The molecule has 0 aliphatic rings. The second kappa shape index (κ2) is 13.8. The third-order valence-corrected chi connectivity index (χ3v) is 5.84. The molecule has 0 radical (unpaired) electrons. The fraction of sp³-hybridized carbons (Fsp3) is 0.565. The van der Waals surface area contributed by atoms with Crippen LogP contribution in [0.4, 0.5) is 0 Å². The number of nitrogens with one attached hydrogen (secondary N) is 3. The zero-order valence-electron chi connectivity index (χ0n) is 19.6. The quantitative estimate of drug-likeness (QED) is 0.229. The molecule has 0 heterocycles. The minimum atomic E-state index is -1.22. The van der Waals surface area contributed by atoms with E-state index in [2.05, 4.69) is 28.6 Å². The Bertz CT molecular complexity index is 805. The van der Waals surface area contributed by atoms with Crippen molar-refractivity contribution < 1.29 is 24.3 Å². The zero-order chi connectivity index (χ0) is 25.1. The fourth-order valence-corrected chi connectivity index (χ4v) is 3.40. The van der Waals surface area contributed by atoms with Gasteiger partial charge >= 0.3 is 5.97 Å². The van der Waals surface area contributed by atoms with E-state index in [-0.39, 0.29) is 17.6 Å². The summed E-state index contributed by atoms with van der Waals surface area (Å²) in [6.07, 6.45) is 0.884. The largest absolute Gasteiger partial charge is 0.480 e. The van der Waals surface area contributed by atoms with Crippen LogP contribution in [0.5, 0.6) is 0 Å². The number of carboxylic acids is 1. The summed E-state index contributed by atoms with van der Waals surface area (Å²) in [7, 11) is 0. The van der Waals surface area contributed by atoms with E-state index in [0.29, 0.717) is 12.8 Å². The van der Waals surface area contributed by atoms with Gasteiger partial charge in [-0.25, -0.2) is 4.79 Å². The van der Waals surface area contributed by atoms with Gasteiger partial charge in [0.1, 0.15) is 18.1 Å². The van der Waals surface area contributed by atoms with Gasteiger partial charge in [-0.2, -0.15) is 12.6 Å². The second-order valence-corrected chi connectivity index (χ2v) is 8.85. The van der Waals surface area contributed by atoms with Gasteiger partial charge in [-0.1, -0.05) is 64.4 Å². The number of carbonyl (C=O) groups excluding carboxylic acids is 3. The molecular weight excluding hydrogens is 444 g/mol. The van der Waals surface area contributed by atoms with Crippen molar-refractivity contribution in [1.29, 1.82) is 0 Å². The molecule has 5 atom stereocenters. The molecule has 33 heavy (non-hydrogen) atoms. The third-order valence-electron chi connectivity index (χ3n) is 5.47. The van der Waals surface area contributed by atoms with Crippen LogP contribution >= 0.6 is 12.6 Å². The van der Waals surface area contributed by atoms with Gasteiger partial charge in [0.25, 0.3) is 0 Å². The molecule has 9 nitrogen and oxygen atoms in total. The highest BCUT2D eigenvalue weighted by Gasteiger charge is 2.33. The van der Waals surface area contributed by atoms with Crippen molar-refractivity contribution in [2.24, 2.45) is 17.6 Å². The molecule has 1 rings (SSSR count). The van der Waals surface area contributed by atoms with Gasteiger partial charge in [0.15, 0.2) is 0 Å². The van der Waals surface area contributed by atoms with Gasteiger partial charge in [-0.05, 0) is 23.8 Å². The number of thiol groups is 1. The predicted molar refractivity (Wildman–Crippen MR) is 130 cm³/mol. The van der Waals surface area contributed by atoms with E-state index in [1.807, 2.05) is 37.3 Å². The Kier molecular flexibility index (Phi) is 11.9. The van der Waals surface area contributed by atoms with E-state index in [1.54, 1.807) is 20.8 Å². The average Bonchev–Trinajstić information content (AvgIpc) is 2.78. The molecule has 0 aromatic heterocycles. The van der Waals surface area contributed by atoms with Crippen LogP contribution in [-0.4, -0.2) is 58.7 Å². The summed E-state index contributed by atoms with van der Waals surface area (Å²) >= 11 is 3.95. The molecule has 0 aliphatic carbocycles. The molecule has 1 aromatic carbocycles. The maximum atomic E-state index is 13.0. The summed E-state index contributed by atoms with van der Waals surface area (Å²) in [5.74, 6) is -3.48. The van der Waals surface area contributed by atoms with Crippen LogP contribution in [0, 0.1) is 11.8 Å². The number of rotatable bonds is 13. The normalized spacial score (nSPS) is 15.6. The van der Waals surface area contributed by atoms with Gasteiger partial charge in [0, 0.05) is 5.75 Å². The molecule has 0 aliphatic heterocycles. The van der Waals surface area contributed by atoms with Gasteiger partial charge in [-0.3, -0.25) is 14.4 Å². The number of benzene rings is 1. The summed E-state index contributed by atoms with van der Waals surface area (Å²) in [5, 5.41) is 17.0. The van der Waals surface area contributed by atoms with Crippen LogP contribution < -0.4 is 21.7 Å². The van der Waals surface area contributed by atoms with Crippen molar-refractivity contribution in [2.75, 3.05) is 5.75 Å². The molecular formula is C23H36N4O5S. The van der Waals surface area contributed by atoms with Gasteiger partial charge in [-0.15, -0.1) is 0 Å². The fourth-order valence-electron chi connectivity index (χ4n) is 3.15. The number of hydrogen-bond donors (Lipinski definition) is 6. The van der Waals surface area contributed by atoms with Crippen molar-refractivity contribution in [1.82, 2.24) is 16.0 Å². The number of nitrogens with two attached hydrogens (primary N) is 1. The SMILES string of the molecule is CCC(C)C(NC(=O)C(NC(=O)C(N)Cc1ccccc1)C(C)C)C(=O)NC(CS)C(=O)O. The molecule has 0 fully saturated rings. The lowest BCUT2D eigenvalue weighted by Gasteiger charge is -2.29. The minimum absolute atomic E-state index is 0.0910. The first-order chi connectivity index (χ1) is 15.5. The summed E-state index contributed by atoms with van der Waals surface area (Å²) < 4.78 is 0. The maximum Gasteiger partial charge on any atom is 0.327 e. The van der Waals surface area contributed by atoms with E-state index >= 15 is 0 Å². The topological polar surface area (TPSA) is 151 Å². The maximum absolute atomic E-state index is 13.0. The first-order valence-corrected chi connectivity index (χ1v) is 11.7. The third kappa shape index (κ3) is 9.05. The number of carboxylic acid groups (broad SMARTS) is 1. The molecule has 5 unspecified atom stereocenters. The highest BCUT2D eigenvalue weighted by Crippen LogP contribution is 2.11. The van der Waals surface area contributed by atoms with Crippen molar-refractivity contribution in [3.8, 4) is 0 Å². The molecule has 3 amide bonds. The Labute approximate surface area is 200 Å². The van der Waals surface area contributed by atoms with E-state index in [4.69, 9.17) is 5.73 Å². The summed E-state index contributed by atoms with van der Waals surface area (Å²) in [4.78, 5) is 49.7. The average molecular weight is 481 g/mol. The van der Waals surface area contributed by atoms with E-state index < -0.39 is 47.9 Å². The predicted octanol–water partition coefficient (Wildman–Crippen LogP) is 0.727. The zero-order valence-corrected chi connectivity index (χ0v) is 20.5. The van der Waals surface area contributed by atoms with Crippen LogP contribution in [-0.2, 0) is 25.6 Å². The van der Waals surface area contributed by atoms with Gasteiger partial charge in [0.2, 0.25) is 17.7 Å². The summed E-state index contributed by atoms with van der Waals surface area (Å²) in [6.45, 7) is 7.17. The molecule has 0 saturated heterocycles. The first kappa shape index (κ1) is 28.4. The highest BCUT2D eigenvalue weighted by molar-refractivity contribution is 7.80. The lowest BCUT2D eigenvalue weighted by molar-refractivity contribution is -0.142. The highest BCUT2D eigenvalue weighted by atomic mass is 32.1. The standard InChI is InChI=1S/C23H36N4O5S/c1-5-14(4)19(22(30)25-17(12-33)23(31)32)27-21(29)18(13(2)3)26-20(28)16(24)11-15-9-7-6-8-10-15/h6-10,13-14,16-19,33H,5,11-12,24H2,1-4H3,(H,25,30)(H,26,28)(H,27,29)(H,31,32). The summed E-state index contributed by atoms with van der Waals surface area (Å²) in [5.41, 5.74) is 6.94. The van der Waals surface area contributed by atoms with Crippen molar-refractivity contribution in [3.05, 3.63) is 35.9 Å². The van der Waals surface area contributed by atoms with Gasteiger partial charge in [0.05, 0.1) is 6.04 Å². The first-order valence-electron chi connectivity index (χ1n) is 11.1. The van der Waals surface area contributed by atoms with Crippen LogP contribution in [0.1, 0.15) is 39.7 Å². The monoisotopic (exact) mass is 480 g/mol. The van der Waals surface area contributed by atoms with E-state index in [0.717, 1.165) is 5.56 Å². The van der Waals surface area contributed by atoms with Crippen LogP contribution in [0.3, 0.4) is 0 Å². The van der Waals surface area contributed by atoms with Crippen molar-refractivity contribution >= 4 is 36.3 Å². The number of carbonyl (C=O) groups is 4. The molecule has 0 spiro atoms. The Morgan fingerprint density at radius 2 is 1.48 bits per heavy atom. The lowest BCUT2D eigenvalue weighted by Crippen LogP contribution is -2.60. The van der Waals surface area contributed by atoms with Crippen LogP contribution in [0.2, 0.25) is 0 Å². The number of amides is 3. The second-order valence-electron chi connectivity index (χ2n) is 8.48. The number of aliphatic carboxylic acids is 1. The number of hydrogen-bond acceptors (Lipinski definition) is 6. The molecule has 0 saturated carbocycles. The smallest absolute Gasteiger partial charge is 0.327 e. The minimum Gasteiger partial charge on any atom is -0.480 e. The Balaban J connectivity index is 2.91. The molecule has 184 valence electrons. The van der Waals surface area contributed by atoms with Crippen molar-refractivity contribution in [3.63, 3.8) is 0 Å². The van der Waals surface area contributed by atoms with Crippen LogP contribution in [0.15, 0.2) is 30.3 Å². The molecule has 1 aromatic rings. The Morgan fingerprint density at radius 1 is 0.939 bits per heavy atom.